The summed E-state index contributed by atoms with van der Waals surface area (Å²) in [5, 5.41) is 0. The van der Waals surface area contributed by atoms with Crippen molar-refractivity contribution in [2.45, 2.75) is 32.8 Å². The summed E-state index contributed by atoms with van der Waals surface area (Å²) in [5.41, 5.74) is 6.54. The molecule has 0 amide bonds. The highest BCUT2D eigenvalue weighted by molar-refractivity contribution is 5.79. The van der Waals surface area contributed by atoms with Crippen LogP contribution in [0.1, 0.15) is 27.2 Å². The summed E-state index contributed by atoms with van der Waals surface area (Å²) in [6.45, 7) is 8.87. The Labute approximate surface area is 148 Å². The van der Waals surface area contributed by atoms with Crippen molar-refractivity contribution in [3.8, 4) is 0 Å². The van der Waals surface area contributed by atoms with Gasteiger partial charge in [-0.25, -0.2) is 4.39 Å². The van der Waals surface area contributed by atoms with Crippen molar-refractivity contribution in [3.05, 3.63) is 30.1 Å². The number of nitrogens with two attached hydrogens (primary N) is 1. The van der Waals surface area contributed by atoms with E-state index in [2.05, 4.69) is 9.89 Å². The van der Waals surface area contributed by atoms with Gasteiger partial charge in [0.2, 0.25) is 0 Å². The van der Waals surface area contributed by atoms with E-state index in [0.717, 1.165) is 31.9 Å². The molecule has 25 heavy (non-hydrogen) atoms. The number of hydrogen-bond acceptors (Lipinski definition) is 4. The predicted octanol–water partition coefficient (Wildman–Crippen LogP) is 1.99. The van der Waals surface area contributed by atoms with Crippen LogP contribution in [0.2, 0.25) is 0 Å². The molecule has 1 saturated heterocycles. The summed E-state index contributed by atoms with van der Waals surface area (Å²) >= 11 is 0. The second kappa shape index (κ2) is 8.18. The summed E-state index contributed by atoms with van der Waals surface area (Å²) in [4.78, 5) is 20.1. The van der Waals surface area contributed by atoms with E-state index in [1.807, 2.05) is 25.7 Å². The minimum Gasteiger partial charge on any atom is -0.460 e. The lowest BCUT2D eigenvalue weighted by molar-refractivity contribution is -0.154. The van der Waals surface area contributed by atoms with Crippen LogP contribution < -0.4 is 10.6 Å². The van der Waals surface area contributed by atoms with Gasteiger partial charge in [-0.05, 0) is 45.0 Å². The molecule has 0 aliphatic carbocycles. The molecule has 2 N–H and O–H groups in total. The van der Waals surface area contributed by atoms with E-state index in [1.165, 1.54) is 12.1 Å². The minimum atomic E-state index is -0.483. The van der Waals surface area contributed by atoms with Gasteiger partial charge in [0, 0.05) is 31.9 Å². The van der Waals surface area contributed by atoms with Crippen molar-refractivity contribution < 1.29 is 13.9 Å². The van der Waals surface area contributed by atoms with Crippen molar-refractivity contribution >= 4 is 17.6 Å². The average molecular weight is 350 g/mol. The second-order valence-electron chi connectivity index (χ2n) is 7.03. The third kappa shape index (κ3) is 6.25. The zero-order valence-electron chi connectivity index (χ0n) is 15.2. The van der Waals surface area contributed by atoms with E-state index in [9.17, 15) is 9.18 Å². The van der Waals surface area contributed by atoms with Gasteiger partial charge in [-0.15, -0.1) is 0 Å². The average Bonchev–Trinajstić information content (AvgIpc) is 2.54. The quantitative estimate of drug-likeness (QED) is 0.511. The third-order valence-corrected chi connectivity index (χ3v) is 3.81. The Kier molecular flexibility index (Phi) is 6.22. The van der Waals surface area contributed by atoms with Crippen molar-refractivity contribution in [2.24, 2.45) is 10.7 Å². The Bertz CT molecular complexity index is 602. The summed E-state index contributed by atoms with van der Waals surface area (Å²) in [6, 6.07) is 6.49. The molecule has 0 radical (unpaired) electrons. The molecule has 0 unspecified atom stereocenters. The number of guanidine groups is 1. The van der Waals surface area contributed by atoms with Crippen LogP contribution in [0.3, 0.4) is 0 Å². The Hall–Kier alpha value is -2.31. The lowest BCUT2D eigenvalue weighted by Gasteiger charge is -2.36. The number of benzene rings is 1. The highest BCUT2D eigenvalue weighted by atomic mass is 19.1. The van der Waals surface area contributed by atoms with Crippen molar-refractivity contribution in [1.29, 1.82) is 0 Å². The van der Waals surface area contributed by atoms with Gasteiger partial charge in [-0.1, -0.05) is 0 Å². The summed E-state index contributed by atoms with van der Waals surface area (Å²) in [6.07, 6.45) is 0.216. The van der Waals surface area contributed by atoms with Gasteiger partial charge in [0.25, 0.3) is 0 Å². The summed E-state index contributed by atoms with van der Waals surface area (Å²) in [5.74, 6) is -0.0590. The van der Waals surface area contributed by atoms with Gasteiger partial charge in [-0.3, -0.25) is 9.79 Å². The first-order valence-corrected chi connectivity index (χ1v) is 8.52. The van der Waals surface area contributed by atoms with Crippen molar-refractivity contribution in [1.82, 2.24) is 4.90 Å². The number of nitrogens with zero attached hydrogens (tertiary/aromatic N) is 3. The largest absolute Gasteiger partial charge is 0.460 e. The molecule has 0 bridgehead atoms. The molecule has 1 heterocycles. The number of carbonyl (C=O) groups excluding carboxylic acids is 1. The Morgan fingerprint density at radius 1 is 1.20 bits per heavy atom. The van der Waals surface area contributed by atoms with Crippen molar-refractivity contribution in [2.75, 3.05) is 37.6 Å². The van der Waals surface area contributed by atoms with Gasteiger partial charge in [0.15, 0.2) is 5.96 Å². The van der Waals surface area contributed by atoms with Crippen molar-refractivity contribution in [3.63, 3.8) is 0 Å². The Balaban J connectivity index is 1.77. The van der Waals surface area contributed by atoms with Crippen LogP contribution in [0.15, 0.2) is 29.3 Å². The number of anilines is 1. The first kappa shape index (κ1) is 19.0. The fraction of sp³-hybridized carbons (Fsp3) is 0.556. The molecule has 0 saturated carbocycles. The van der Waals surface area contributed by atoms with E-state index >= 15 is 0 Å². The number of carbonyl (C=O) groups is 1. The second-order valence-corrected chi connectivity index (χ2v) is 7.03. The molecule has 6 nitrogen and oxygen atoms in total. The van der Waals surface area contributed by atoms with Gasteiger partial charge in [-0.2, -0.15) is 0 Å². The Morgan fingerprint density at radius 3 is 2.36 bits per heavy atom. The number of piperazine rings is 1. The third-order valence-electron chi connectivity index (χ3n) is 3.81. The SMILES string of the molecule is CC(C)(C)OC(=O)CCN=C(N)N1CCN(c2ccc(F)cc2)CC1. The maximum absolute atomic E-state index is 13.0. The normalized spacial score (nSPS) is 16.1. The first-order valence-electron chi connectivity index (χ1n) is 8.52. The predicted molar refractivity (Wildman–Crippen MR) is 97.1 cm³/mol. The molecule has 0 spiro atoms. The van der Waals surface area contributed by atoms with Gasteiger partial charge >= 0.3 is 5.97 Å². The number of aliphatic imine (C=N–C) groups is 1. The van der Waals surface area contributed by atoms with Crippen LogP contribution >= 0.6 is 0 Å². The van der Waals surface area contributed by atoms with Crippen LogP contribution in [0.4, 0.5) is 10.1 Å². The van der Waals surface area contributed by atoms with Crippen LogP contribution in [-0.2, 0) is 9.53 Å². The molecule has 0 atom stereocenters. The number of esters is 1. The lowest BCUT2D eigenvalue weighted by atomic mass is 10.2. The monoisotopic (exact) mass is 350 g/mol. The van der Waals surface area contributed by atoms with E-state index in [1.54, 1.807) is 12.1 Å². The highest BCUT2D eigenvalue weighted by Gasteiger charge is 2.19. The fourth-order valence-electron chi connectivity index (χ4n) is 2.60. The van der Waals surface area contributed by atoms with Gasteiger partial charge in [0.1, 0.15) is 11.4 Å². The highest BCUT2D eigenvalue weighted by Crippen LogP contribution is 2.16. The maximum atomic E-state index is 13.0. The standard InChI is InChI=1S/C18H27FN4O2/c1-18(2,3)25-16(24)8-9-21-17(20)23-12-10-22(11-13-23)15-6-4-14(19)5-7-15/h4-7H,8-13H2,1-3H3,(H2,20,21). The molecule has 1 aromatic rings. The number of ether oxygens (including phenoxy) is 1. The van der Waals surface area contributed by atoms with Crippen LogP contribution in [-0.4, -0.2) is 55.2 Å². The Morgan fingerprint density at radius 2 is 1.80 bits per heavy atom. The van der Waals surface area contributed by atoms with E-state index in [0.29, 0.717) is 12.5 Å². The number of hydrogen-bond donors (Lipinski definition) is 1. The molecule has 1 fully saturated rings. The molecule has 2 rings (SSSR count). The molecular weight excluding hydrogens is 323 g/mol. The molecular formula is C18H27FN4O2. The molecule has 7 heteroatoms. The molecule has 138 valence electrons. The van der Waals surface area contributed by atoms with Gasteiger partial charge in [0.05, 0.1) is 13.0 Å². The molecule has 0 aromatic heterocycles. The maximum Gasteiger partial charge on any atom is 0.308 e. The minimum absolute atomic E-state index is 0.216. The zero-order chi connectivity index (χ0) is 18.4. The number of rotatable bonds is 4. The van der Waals surface area contributed by atoms with Crippen LogP contribution in [0, 0.1) is 5.82 Å². The summed E-state index contributed by atoms with van der Waals surface area (Å²) < 4.78 is 18.2. The molecule has 1 aliphatic heterocycles. The fourth-order valence-corrected chi connectivity index (χ4v) is 2.60. The van der Waals surface area contributed by atoms with Crippen LogP contribution in [0.5, 0.6) is 0 Å². The smallest absolute Gasteiger partial charge is 0.308 e. The summed E-state index contributed by atoms with van der Waals surface area (Å²) in [7, 11) is 0. The molecule has 1 aromatic carbocycles. The van der Waals surface area contributed by atoms with E-state index in [4.69, 9.17) is 10.5 Å². The lowest BCUT2D eigenvalue weighted by Crippen LogP contribution is -2.51. The first-order chi connectivity index (χ1) is 11.7. The van der Waals surface area contributed by atoms with Crippen LogP contribution in [0.25, 0.3) is 0 Å². The molecule has 1 aliphatic rings. The number of halogens is 1. The van der Waals surface area contributed by atoms with E-state index in [-0.39, 0.29) is 18.2 Å². The zero-order valence-corrected chi connectivity index (χ0v) is 15.2. The topological polar surface area (TPSA) is 71.2 Å². The van der Waals surface area contributed by atoms with E-state index < -0.39 is 5.60 Å². The van der Waals surface area contributed by atoms with Gasteiger partial charge < -0.3 is 20.3 Å².